The lowest BCUT2D eigenvalue weighted by molar-refractivity contribution is 0.0357. The zero-order valence-electron chi connectivity index (χ0n) is 15.5. The van der Waals surface area contributed by atoms with Crippen LogP contribution in [0.1, 0.15) is 6.42 Å². The fraction of sp³-hybridized carbons (Fsp3) is 0.400. The van der Waals surface area contributed by atoms with Gasteiger partial charge in [-0.3, -0.25) is 15.0 Å². The number of hydrogen-bond acceptors (Lipinski definition) is 6. The summed E-state index contributed by atoms with van der Waals surface area (Å²) >= 11 is 0. The summed E-state index contributed by atoms with van der Waals surface area (Å²) in [6.45, 7) is 5.30. The molecule has 0 amide bonds. The molecular formula is C20H24N4O3. The second-order valence-corrected chi connectivity index (χ2v) is 6.49. The van der Waals surface area contributed by atoms with Crippen LogP contribution in [0.5, 0.6) is 11.5 Å². The number of H-pyrrole nitrogens is 1. The van der Waals surface area contributed by atoms with Gasteiger partial charge in [-0.1, -0.05) is 0 Å². The smallest absolute Gasteiger partial charge is 0.163 e. The monoisotopic (exact) mass is 368 g/mol. The molecule has 3 aromatic rings. The first kappa shape index (κ1) is 17.8. The van der Waals surface area contributed by atoms with E-state index in [1.54, 1.807) is 13.3 Å². The molecule has 1 aliphatic heterocycles. The van der Waals surface area contributed by atoms with E-state index in [0.717, 1.165) is 67.2 Å². The number of fused-ring (bicyclic) bond motifs is 1. The zero-order chi connectivity index (χ0) is 18.5. The van der Waals surface area contributed by atoms with Gasteiger partial charge in [0.1, 0.15) is 0 Å². The quantitative estimate of drug-likeness (QED) is 0.647. The molecular weight excluding hydrogens is 344 g/mol. The molecule has 1 N–H and O–H groups in total. The molecule has 0 radical (unpaired) electrons. The molecule has 7 heteroatoms. The first-order valence-electron chi connectivity index (χ1n) is 9.25. The van der Waals surface area contributed by atoms with Gasteiger partial charge < -0.3 is 14.2 Å². The minimum atomic E-state index is 0.637. The largest absolute Gasteiger partial charge is 0.493 e. The van der Waals surface area contributed by atoms with E-state index in [1.165, 1.54) is 0 Å². The van der Waals surface area contributed by atoms with Crippen molar-refractivity contribution in [3.63, 3.8) is 0 Å². The first-order chi connectivity index (χ1) is 13.3. The lowest BCUT2D eigenvalue weighted by Crippen LogP contribution is -2.37. The molecule has 0 saturated carbocycles. The van der Waals surface area contributed by atoms with E-state index in [1.807, 2.05) is 30.5 Å². The molecule has 1 fully saturated rings. The van der Waals surface area contributed by atoms with Crippen LogP contribution in [0.15, 0.2) is 36.7 Å². The number of methoxy groups -OCH3 is 1. The number of aromatic amines is 1. The second-order valence-electron chi connectivity index (χ2n) is 6.49. The maximum absolute atomic E-state index is 6.01. The summed E-state index contributed by atoms with van der Waals surface area (Å²) in [6, 6.07) is 7.82. The number of pyridine rings is 1. The Morgan fingerprint density at radius 3 is 2.85 bits per heavy atom. The molecule has 1 aromatic carbocycles. The molecule has 0 spiro atoms. The van der Waals surface area contributed by atoms with Crippen LogP contribution < -0.4 is 9.47 Å². The van der Waals surface area contributed by atoms with Gasteiger partial charge in [0, 0.05) is 49.0 Å². The summed E-state index contributed by atoms with van der Waals surface area (Å²) in [6.07, 6.45) is 4.56. The van der Waals surface area contributed by atoms with Gasteiger partial charge in [-0.25, -0.2) is 0 Å². The third-order valence-corrected chi connectivity index (χ3v) is 4.78. The van der Waals surface area contributed by atoms with Crippen LogP contribution in [0.25, 0.3) is 22.2 Å². The summed E-state index contributed by atoms with van der Waals surface area (Å²) in [5, 5.41) is 8.13. The molecule has 7 nitrogen and oxygen atoms in total. The van der Waals surface area contributed by atoms with Crippen LogP contribution in [0.4, 0.5) is 0 Å². The van der Waals surface area contributed by atoms with Crippen LogP contribution in [0.3, 0.4) is 0 Å². The van der Waals surface area contributed by atoms with Crippen LogP contribution in [-0.4, -0.2) is 66.6 Å². The highest BCUT2D eigenvalue weighted by Crippen LogP contribution is 2.35. The third kappa shape index (κ3) is 4.04. The molecule has 0 aliphatic carbocycles. The van der Waals surface area contributed by atoms with Crippen molar-refractivity contribution in [1.29, 1.82) is 0 Å². The summed E-state index contributed by atoms with van der Waals surface area (Å²) in [4.78, 5) is 6.90. The van der Waals surface area contributed by atoms with Crippen molar-refractivity contribution in [1.82, 2.24) is 20.1 Å². The van der Waals surface area contributed by atoms with Crippen molar-refractivity contribution in [3.8, 4) is 22.8 Å². The van der Waals surface area contributed by atoms with Gasteiger partial charge in [0.2, 0.25) is 0 Å². The molecule has 1 saturated heterocycles. The molecule has 142 valence electrons. The van der Waals surface area contributed by atoms with Gasteiger partial charge >= 0.3 is 0 Å². The fourth-order valence-corrected chi connectivity index (χ4v) is 3.35. The Bertz CT molecular complexity index is 876. The summed E-state index contributed by atoms with van der Waals surface area (Å²) < 4.78 is 17.0. The van der Waals surface area contributed by atoms with Crippen molar-refractivity contribution in [2.75, 3.05) is 46.6 Å². The van der Waals surface area contributed by atoms with E-state index in [4.69, 9.17) is 14.2 Å². The number of nitrogens with one attached hydrogen (secondary N) is 1. The molecule has 27 heavy (non-hydrogen) atoms. The first-order valence-corrected chi connectivity index (χ1v) is 9.25. The van der Waals surface area contributed by atoms with Crippen molar-refractivity contribution in [2.24, 2.45) is 0 Å². The van der Waals surface area contributed by atoms with Gasteiger partial charge in [0.25, 0.3) is 0 Å². The maximum Gasteiger partial charge on any atom is 0.163 e. The Labute approximate surface area is 158 Å². The molecule has 1 aliphatic rings. The lowest BCUT2D eigenvalue weighted by Gasteiger charge is -2.26. The molecule has 0 unspecified atom stereocenters. The standard InChI is InChI=1S/C20H24N4O3/c1-25-19-13-16-15(17-4-6-22-23-17)3-5-21-18(16)14-20(19)27-10-2-7-24-8-11-26-12-9-24/h3-6,13-14H,2,7-12H2,1H3,(H,22,23). The van der Waals surface area contributed by atoms with Gasteiger partial charge in [0.15, 0.2) is 11.5 Å². The molecule has 2 aromatic heterocycles. The van der Waals surface area contributed by atoms with E-state index < -0.39 is 0 Å². The summed E-state index contributed by atoms with van der Waals surface area (Å²) in [7, 11) is 1.66. The van der Waals surface area contributed by atoms with Gasteiger partial charge in [0.05, 0.1) is 38.1 Å². The molecule has 0 bridgehead atoms. The zero-order valence-corrected chi connectivity index (χ0v) is 15.5. The number of benzene rings is 1. The number of morpholine rings is 1. The highest BCUT2D eigenvalue weighted by Gasteiger charge is 2.13. The Balaban J connectivity index is 1.49. The van der Waals surface area contributed by atoms with Gasteiger partial charge in [-0.15, -0.1) is 0 Å². The van der Waals surface area contributed by atoms with Gasteiger partial charge in [-0.05, 0) is 24.6 Å². The van der Waals surface area contributed by atoms with E-state index >= 15 is 0 Å². The Morgan fingerprint density at radius 2 is 2.07 bits per heavy atom. The molecule has 3 heterocycles. The average Bonchev–Trinajstić information content (AvgIpc) is 3.25. The van der Waals surface area contributed by atoms with Crippen molar-refractivity contribution < 1.29 is 14.2 Å². The van der Waals surface area contributed by atoms with Crippen LogP contribution in [-0.2, 0) is 4.74 Å². The van der Waals surface area contributed by atoms with Crippen LogP contribution >= 0.6 is 0 Å². The summed E-state index contributed by atoms with van der Waals surface area (Å²) in [5.41, 5.74) is 2.75. The minimum Gasteiger partial charge on any atom is -0.493 e. The Kier molecular flexibility index (Phi) is 5.50. The topological polar surface area (TPSA) is 72.5 Å². The summed E-state index contributed by atoms with van der Waals surface area (Å²) in [5.74, 6) is 1.43. The highest BCUT2D eigenvalue weighted by atomic mass is 16.5. The van der Waals surface area contributed by atoms with E-state index in [2.05, 4.69) is 20.1 Å². The number of hydrogen-bond donors (Lipinski definition) is 1. The highest BCUT2D eigenvalue weighted by molar-refractivity contribution is 5.95. The van der Waals surface area contributed by atoms with Crippen molar-refractivity contribution in [3.05, 3.63) is 36.7 Å². The molecule has 4 rings (SSSR count). The van der Waals surface area contributed by atoms with Gasteiger partial charge in [-0.2, -0.15) is 5.10 Å². The predicted octanol–water partition coefficient (Wildman–Crippen LogP) is 2.73. The number of nitrogens with zero attached hydrogens (tertiary/aromatic N) is 3. The Hall–Kier alpha value is -2.64. The number of ether oxygens (including phenoxy) is 3. The predicted molar refractivity (Wildman–Crippen MR) is 103 cm³/mol. The SMILES string of the molecule is COc1cc2c(-c3cc[nH]n3)ccnc2cc1OCCCN1CCOCC1. The second kappa shape index (κ2) is 8.37. The van der Waals surface area contributed by atoms with E-state index in [0.29, 0.717) is 12.4 Å². The average molecular weight is 368 g/mol. The third-order valence-electron chi connectivity index (χ3n) is 4.78. The fourth-order valence-electron chi connectivity index (χ4n) is 3.35. The number of aromatic nitrogens is 3. The number of rotatable bonds is 7. The maximum atomic E-state index is 6.01. The van der Waals surface area contributed by atoms with Crippen molar-refractivity contribution >= 4 is 10.9 Å². The van der Waals surface area contributed by atoms with Crippen LogP contribution in [0.2, 0.25) is 0 Å². The molecule has 0 atom stereocenters. The minimum absolute atomic E-state index is 0.637. The van der Waals surface area contributed by atoms with E-state index in [9.17, 15) is 0 Å². The van der Waals surface area contributed by atoms with E-state index in [-0.39, 0.29) is 0 Å². The normalized spacial score (nSPS) is 15.1. The Morgan fingerprint density at radius 1 is 1.19 bits per heavy atom. The lowest BCUT2D eigenvalue weighted by atomic mass is 10.1. The van der Waals surface area contributed by atoms with Crippen molar-refractivity contribution in [2.45, 2.75) is 6.42 Å². The van der Waals surface area contributed by atoms with Crippen LogP contribution in [0, 0.1) is 0 Å².